The lowest BCUT2D eigenvalue weighted by Crippen LogP contribution is -2.00. The van der Waals surface area contributed by atoms with E-state index in [9.17, 15) is 4.79 Å². The van der Waals surface area contributed by atoms with E-state index >= 15 is 0 Å². The van der Waals surface area contributed by atoms with Crippen LogP contribution in [-0.4, -0.2) is 16.1 Å². The molecule has 5 heteroatoms. The zero-order valence-electron chi connectivity index (χ0n) is 9.34. The molecule has 0 aliphatic carbocycles. The number of hydrogen-bond donors (Lipinski definition) is 1. The first-order chi connectivity index (χ1) is 8.65. The average Bonchev–Trinajstić information content (AvgIpc) is 2.38. The molecule has 1 aromatic carbocycles. The maximum Gasteiger partial charge on any atom is 0.337 e. The van der Waals surface area contributed by atoms with Crippen molar-refractivity contribution in [2.24, 2.45) is 0 Å². The Balaban J connectivity index is 2.04. The second kappa shape index (κ2) is 5.64. The molecule has 0 spiro atoms. The molecule has 1 aromatic heterocycles. The molecule has 0 bridgehead atoms. The van der Waals surface area contributed by atoms with Crippen LogP contribution >= 0.6 is 15.9 Å². The van der Waals surface area contributed by atoms with E-state index in [4.69, 9.17) is 9.84 Å². The van der Waals surface area contributed by atoms with Crippen molar-refractivity contribution in [1.82, 2.24) is 4.98 Å². The molecular weight excluding hydrogens is 298 g/mol. The standard InChI is InChI=1S/C13H10BrNO3/c14-11-3-1-9(2-4-11)8-18-12-5-10(13(16)17)6-15-7-12/h1-7H,8H2,(H,16,17). The zero-order chi connectivity index (χ0) is 13.0. The topological polar surface area (TPSA) is 59.4 Å². The van der Waals surface area contributed by atoms with Gasteiger partial charge in [-0.05, 0) is 23.8 Å². The van der Waals surface area contributed by atoms with Gasteiger partial charge in [0.1, 0.15) is 12.4 Å². The molecule has 18 heavy (non-hydrogen) atoms. The minimum absolute atomic E-state index is 0.114. The Morgan fingerprint density at radius 3 is 2.67 bits per heavy atom. The van der Waals surface area contributed by atoms with E-state index in [-0.39, 0.29) is 5.56 Å². The maximum atomic E-state index is 10.8. The molecule has 0 aliphatic rings. The highest BCUT2D eigenvalue weighted by molar-refractivity contribution is 9.10. The number of nitrogens with zero attached hydrogens (tertiary/aromatic N) is 1. The Morgan fingerprint density at radius 2 is 2.00 bits per heavy atom. The Morgan fingerprint density at radius 1 is 1.28 bits per heavy atom. The number of ether oxygens (including phenoxy) is 1. The van der Waals surface area contributed by atoms with Gasteiger partial charge >= 0.3 is 5.97 Å². The minimum Gasteiger partial charge on any atom is -0.487 e. The molecule has 0 saturated heterocycles. The van der Waals surface area contributed by atoms with Crippen molar-refractivity contribution >= 4 is 21.9 Å². The Labute approximate surface area is 112 Å². The lowest BCUT2D eigenvalue weighted by Gasteiger charge is -2.06. The summed E-state index contributed by atoms with van der Waals surface area (Å²) in [4.78, 5) is 14.6. The van der Waals surface area contributed by atoms with Crippen LogP contribution in [-0.2, 0) is 6.61 Å². The molecule has 0 fully saturated rings. The van der Waals surface area contributed by atoms with Gasteiger partial charge in [0.15, 0.2) is 0 Å². The van der Waals surface area contributed by atoms with Crippen LogP contribution in [0.4, 0.5) is 0 Å². The summed E-state index contributed by atoms with van der Waals surface area (Å²) in [5, 5.41) is 8.82. The Bertz CT molecular complexity index is 554. The Hall–Kier alpha value is -1.88. The van der Waals surface area contributed by atoms with E-state index in [2.05, 4.69) is 20.9 Å². The molecule has 1 N–H and O–H groups in total. The van der Waals surface area contributed by atoms with Crippen molar-refractivity contribution in [3.8, 4) is 5.75 Å². The predicted molar refractivity (Wildman–Crippen MR) is 69.7 cm³/mol. The molecule has 0 radical (unpaired) electrons. The van der Waals surface area contributed by atoms with Gasteiger partial charge in [-0.3, -0.25) is 4.98 Å². The third-order valence-corrected chi connectivity index (χ3v) is 2.81. The third-order valence-electron chi connectivity index (χ3n) is 2.28. The smallest absolute Gasteiger partial charge is 0.337 e. The predicted octanol–water partition coefficient (Wildman–Crippen LogP) is 3.12. The molecule has 2 aromatic rings. The number of hydrogen-bond acceptors (Lipinski definition) is 3. The number of carbonyl (C=O) groups is 1. The van der Waals surface area contributed by atoms with Crippen LogP contribution in [0.1, 0.15) is 15.9 Å². The highest BCUT2D eigenvalue weighted by Crippen LogP contribution is 2.15. The highest BCUT2D eigenvalue weighted by atomic mass is 79.9. The fourth-order valence-corrected chi connectivity index (χ4v) is 1.63. The second-order valence-electron chi connectivity index (χ2n) is 3.63. The molecule has 1 heterocycles. The van der Waals surface area contributed by atoms with Crippen molar-refractivity contribution in [3.05, 3.63) is 58.3 Å². The SMILES string of the molecule is O=C(O)c1cncc(OCc2ccc(Br)cc2)c1. The van der Waals surface area contributed by atoms with E-state index in [0.717, 1.165) is 10.0 Å². The summed E-state index contributed by atoms with van der Waals surface area (Å²) in [5.74, 6) is -0.575. The maximum absolute atomic E-state index is 10.8. The third kappa shape index (κ3) is 3.30. The fourth-order valence-electron chi connectivity index (χ4n) is 1.36. The van der Waals surface area contributed by atoms with Crippen LogP contribution in [0.15, 0.2) is 47.2 Å². The number of rotatable bonds is 4. The molecule has 0 saturated carbocycles. The van der Waals surface area contributed by atoms with E-state index in [1.54, 1.807) is 0 Å². The largest absolute Gasteiger partial charge is 0.487 e. The van der Waals surface area contributed by atoms with Crippen molar-refractivity contribution in [2.45, 2.75) is 6.61 Å². The first-order valence-electron chi connectivity index (χ1n) is 5.21. The molecule has 0 amide bonds. The number of aromatic nitrogens is 1. The monoisotopic (exact) mass is 307 g/mol. The number of carboxylic acids is 1. The molecule has 0 aliphatic heterocycles. The molecular formula is C13H10BrNO3. The van der Waals surface area contributed by atoms with Crippen LogP contribution in [0, 0.1) is 0 Å². The number of halogens is 1. The summed E-state index contributed by atoms with van der Waals surface area (Å²) in [6.07, 6.45) is 2.78. The number of carboxylic acid groups (broad SMARTS) is 1. The molecule has 2 rings (SSSR count). The quantitative estimate of drug-likeness (QED) is 0.943. The lowest BCUT2D eigenvalue weighted by atomic mass is 10.2. The Kier molecular flexibility index (Phi) is 3.94. The van der Waals surface area contributed by atoms with Crippen LogP contribution < -0.4 is 4.74 Å². The van der Waals surface area contributed by atoms with E-state index in [1.165, 1.54) is 18.5 Å². The van der Waals surface area contributed by atoms with Gasteiger partial charge in [-0.2, -0.15) is 0 Å². The first-order valence-corrected chi connectivity index (χ1v) is 6.00. The van der Waals surface area contributed by atoms with Crippen LogP contribution in [0.2, 0.25) is 0 Å². The van der Waals surface area contributed by atoms with Crippen molar-refractivity contribution < 1.29 is 14.6 Å². The van der Waals surface area contributed by atoms with E-state index < -0.39 is 5.97 Å². The summed E-state index contributed by atoms with van der Waals surface area (Å²) < 4.78 is 6.48. The summed E-state index contributed by atoms with van der Waals surface area (Å²) in [6, 6.07) is 9.15. The van der Waals surface area contributed by atoms with Crippen molar-refractivity contribution in [1.29, 1.82) is 0 Å². The van der Waals surface area contributed by atoms with Crippen molar-refractivity contribution in [2.75, 3.05) is 0 Å². The van der Waals surface area contributed by atoms with Gasteiger partial charge in [0.05, 0.1) is 11.8 Å². The van der Waals surface area contributed by atoms with Crippen LogP contribution in [0.3, 0.4) is 0 Å². The summed E-state index contributed by atoms with van der Waals surface area (Å²) in [5.41, 5.74) is 1.11. The molecule has 0 atom stereocenters. The van der Waals surface area contributed by atoms with Crippen LogP contribution in [0.25, 0.3) is 0 Å². The molecule has 0 unspecified atom stereocenters. The molecule has 92 valence electrons. The molecule has 4 nitrogen and oxygen atoms in total. The van der Waals surface area contributed by atoms with Gasteiger partial charge in [-0.15, -0.1) is 0 Å². The van der Waals surface area contributed by atoms with Crippen LogP contribution in [0.5, 0.6) is 5.75 Å². The summed E-state index contributed by atoms with van der Waals surface area (Å²) in [6.45, 7) is 0.373. The lowest BCUT2D eigenvalue weighted by molar-refractivity contribution is 0.0696. The first kappa shape index (κ1) is 12.6. The van der Waals surface area contributed by atoms with Gasteiger partial charge in [-0.1, -0.05) is 28.1 Å². The minimum atomic E-state index is -1.02. The highest BCUT2D eigenvalue weighted by Gasteiger charge is 2.04. The fraction of sp³-hybridized carbons (Fsp3) is 0.0769. The van der Waals surface area contributed by atoms with Gasteiger partial charge in [0.25, 0.3) is 0 Å². The summed E-state index contributed by atoms with van der Waals surface area (Å²) >= 11 is 3.35. The van der Waals surface area contributed by atoms with E-state index in [0.29, 0.717) is 12.4 Å². The average molecular weight is 308 g/mol. The number of benzene rings is 1. The van der Waals surface area contributed by atoms with Gasteiger partial charge in [-0.25, -0.2) is 4.79 Å². The van der Waals surface area contributed by atoms with E-state index in [1.807, 2.05) is 24.3 Å². The van der Waals surface area contributed by atoms with Crippen molar-refractivity contribution in [3.63, 3.8) is 0 Å². The van der Waals surface area contributed by atoms with Gasteiger partial charge < -0.3 is 9.84 Å². The number of aromatic carboxylic acids is 1. The van der Waals surface area contributed by atoms with Gasteiger partial charge in [0.2, 0.25) is 0 Å². The second-order valence-corrected chi connectivity index (χ2v) is 4.55. The number of pyridine rings is 1. The zero-order valence-corrected chi connectivity index (χ0v) is 10.9. The van der Waals surface area contributed by atoms with Gasteiger partial charge in [0, 0.05) is 10.7 Å². The normalized spacial score (nSPS) is 10.1. The summed E-state index contributed by atoms with van der Waals surface area (Å²) in [7, 11) is 0.